The lowest BCUT2D eigenvalue weighted by molar-refractivity contribution is -0.0228. The summed E-state index contributed by atoms with van der Waals surface area (Å²) in [5.74, 6) is 1.71. The van der Waals surface area contributed by atoms with Gasteiger partial charge in [0, 0.05) is 38.2 Å². The molecule has 2 heterocycles. The zero-order valence-corrected chi connectivity index (χ0v) is 11.7. The maximum absolute atomic E-state index is 5.74. The fraction of sp³-hybridized carbons (Fsp3) is 1.00. The summed E-state index contributed by atoms with van der Waals surface area (Å²) in [6.07, 6.45) is 2.54. The van der Waals surface area contributed by atoms with E-state index in [-0.39, 0.29) is 0 Å². The summed E-state index contributed by atoms with van der Waals surface area (Å²) in [6, 6.07) is 0. The van der Waals surface area contributed by atoms with Crippen LogP contribution in [0, 0.1) is 17.3 Å². The highest BCUT2D eigenvalue weighted by Crippen LogP contribution is 2.32. The molecule has 0 aromatic carbocycles. The molecule has 0 aromatic rings. The van der Waals surface area contributed by atoms with Gasteiger partial charge in [-0.15, -0.1) is 0 Å². The number of hydrogen-bond donors (Lipinski definition) is 1. The molecule has 2 aliphatic heterocycles. The van der Waals surface area contributed by atoms with Crippen molar-refractivity contribution in [2.24, 2.45) is 17.3 Å². The van der Waals surface area contributed by atoms with Gasteiger partial charge in [-0.2, -0.15) is 0 Å². The van der Waals surface area contributed by atoms with Crippen LogP contribution in [0.15, 0.2) is 0 Å². The monoisotopic (exact) mass is 240 g/mol. The molecular formula is C14H28N2O. The van der Waals surface area contributed by atoms with E-state index >= 15 is 0 Å². The lowest BCUT2D eigenvalue weighted by Gasteiger charge is -2.40. The third-order valence-electron chi connectivity index (χ3n) is 4.58. The topological polar surface area (TPSA) is 24.5 Å². The van der Waals surface area contributed by atoms with E-state index < -0.39 is 0 Å². The van der Waals surface area contributed by atoms with E-state index in [2.05, 4.69) is 31.1 Å². The molecule has 2 fully saturated rings. The lowest BCUT2D eigenvalue weighted by atomic mass is 9.82. The average molecular weight is 240 g/mol. The van der Waals surface area contributed by atoms with Crippen LogP contribution >= 0.6 is 0 Å². The van der Waals surface area contributed by atoms with Crippen LogP contribution in [-0.2, 0) is 4.74 Å². The van der Waals surface area contributed by atoms with Crippen LogP contribution in [0.2, 0.25) is 0 Å². The summed E-state index contributed by atoms with van der Waals surface area (Å²) in [5, 5.41) is 3.37. The Balaban J connectivity index is 1.93. The van der Waals surface area contributed by atoms with Crippen molar-refractivity contribution in [3.63, 3.8) is 0 Å². The van der Waals surface area contributed by atoms with E-state index in [1.54, 1.807) is 0 Å². The minimum Gasteiger partial charge on any atom is -0.381 e. The van der Waals surface area contributed by atoms with Gasteiger partial charge in [-0.25, -0.2) is 0 Å². The van der Waals surface area contributed by atoms with Crippen molar-refractivity contribution in [1.82, 2.24) is 10.2 Å². The molecule has 0 aromatic heterocycles. The fourth-order valence-electron chi connectivity index (χ4n) is 3.46. The van der Waals surface area contributed by atoms with Gasteiger partial charge in [-0.05, 0) is 31.7 Å². The third-order valence-corrected chi connectivity index (χ3v) is 4.58. The van der Waals surface area contributed by atoms with Gasteiger partial charge in [0.1, 0.15) is 0 Å². The van der Waals surface area contributed by atoms with E-state index in [0.717, 1.165) is 31.6 Å². The molecule has 0 amide bonds. The Kier molecular flexibility index (Phi) is 4.45. The summed E-state index contributed by atoms with van der Waals surface area (Å²) < 4.78 is 5.74. The molecule has 3 atom stereocenters. The van der Waals surface area contributed by atoms with Crippen molar-refractivity contribution in [3.05, 3.63) is 0 Å². The number of likely N-dealkylation sites (tertiary alicyclic amines) is 1. The van der Waals surface area contributed by atoms with Crippen LogP contribution in [0.1, 0.15) is 26.7 Å². The van der Waals surface area contributed by atoms with E-state index in [1.165, 1.54) is 32.5 Å². The summed E-state index contributed by atoms with van der Waals surface area (Å²) in [6.45, 7) is 11.5. The molecule has 17 heavy (non-hydrogen) atoms. The smallest absolute Gasteiger partial charge is 0.0546 e. The van der Waals surface area contributed by atoms with Gasteiger partial charge in [0.05, 0.1) is 6.61 Å². The van der Waals surface area contributed by atoms with Gasteiger partial charge in [0.2, 0.25) is 0 Å². The van der Waals surface area contributed by atoms with Gasteiger partial charge in [-0.1, -0.05) is 13.8 Å². The van der Waals surface area contributed by atoms with Crippen molar-refractivity contribution in [2.75, 3.05) is 46.4 Å². The highest BCUT2D eigenvalue weighted by atomic mass is 16.5. The average Bonchev–Trinajstić information content (AvgIpc) is 2.59. The summed E-state index contributed by atoms with van der Waals surface area (Å²) in [7, 11) is 2.06. The van der Waals surface area contributed by atoms with Crippen LogP contribution in [0.25, 0.3) is 0 Å². The fourth-order valence-corrected chi connectivity index (χ4v) is 3.46. The molecule has 3 unspecified atom stereocenters. The van der Waals surface area contributed by atoms with Gasteiger partial charge < -0.3 is 15.0 Å². The predicted octanol–water partition coefficient (Wildman–Crippen LogP) is 1.59. The van der Waals surface area contributed by atoms with E-state index in [0.29, 0.717) is 5.41 Å². The summed E-state index contributed by atoms with van der Waals surface area (Å²) in [4.78, 5) is 2.65. The molecular weight excluding hydrogens is 212 g/mol. The Morgan fingerprint density at radius 1 is 1.29 bits per heavy atom. The number of nitrogens with one attached hydrogen (secondary N) is 1. The van der Waals surface area contributed by atoms with Crippen LogP contribution in [0.3, 0.4) is 0 Å². The van der Waals surface area contributed by atoms with Gasteiger partial charge >= 0.3 is 0 Å². The van der Waals surface area contributed by atoms with Crippen molar-refractivity contribution in [3.8, 4) is 0 Å². The second-order valence-electron chi connectivity index (χ2n) is 6.34. The predicted molar refractivity (Wildman–Crippen MR) is 71.2 cm³/mol. The van der Waals surface area contributed by atoms with Crippen molar-refractivity contribution in [1.29, 1.82) is 0 Å². The Hall–Kier alpha value is -0.120. The first kappa shape index (κ1) is 13.3. The van der Waals surface area contributed by atoms with Crippen LogP contribution in [0.5, 0.6) is 0 Å². The quantitative estimate of drug-likeness (QED) is 0.807. The molecule has 3 nitrogen and oxygen atoms in total. The first-order valence-electron chi connectivity index (χ1n) is 7.10. The second kappa shape index (κ2) is 5.68. The molecule has 2 aliphatic rings. The molecule has 100 valence electrons. The number of hydrogen-bond acceptors (Lipinski definition) is 3. The van der Waals surface area contributed by atoms with E-state index in [9.17, 15) is 0 Å². The molecule has 0 saturated carbocycles. The Labute approximate surface area is 106 Å². The van der Waals surface area contributed by atoms with Crippen molar-refractivity contribution in [2.45, 2.75) is 26.7 Å². The molecule has 0 bridgehead atoms. The largest absolute Gasteiger partial charge is 0.381 e. The highest BCUT2D eigenvalue weighted by Gasteiger charge is 2.37. The highest BCUT2D eigenvalue weighted by molar-refractivity contribution is 4.90. The molecule has 0 spiro atoms. The molecule has 2 rings (SSSR count). The molecule has 0 radical (unpaired) electrons. The Morgan fingerprint density at radius 3 is 2.53 bits per heavy atom. The number of rotatable bonds is 4. The second-order valence-corrected chi connectivity index (χ2v) is 6.34. The first-order chi connectivity index (χ1) is 8.15. The van der Waals surface area contributed by atoms with Crippen LogP contribution in [-0.4, -0.2) is 51.3 Å². The molecule has 3 heteroatoms. The third kappa shape index (κ3) is 3.21. The molecule has 1 N–H and O–H groups in total. The van der Waals surface area contributed by atoms with E-state index in [1.807, 2.05) is 0 Å². The number of nitrogens with zero attached hydrogens (tertiary/aromatic N) is 1. The lowest BCUT2D eigenvalue weighted by Crippen LogP contribution is -2.48. The van der Waals surface area contributed by atoms with Crippen molar-refractivity contribution < 1.29 is 4.74 Å². The molecule has 2 saturated heterocycles. The number of ether oxygens (including phenoxy) is 1. The van der Waals surface area contributed by atoms with Crippen LogP contribution < -0.4 is 5.32 Å². The van der Waals surface area contributed by atoms with Crippen molar-refractivity contribution >= 4 is 0 Å². The summed E-state index contributed by atoms with van der Waals surface area (Å²) >= 11 is 0. The summed E-state index contributed by atoms with van der Waals surface area (Å²) in [5.41, 5.74) is 0.358. The Bertz CT molecular complexity index is 223. The Morgan fingerprint density at radius 2 is 2.00 bits per heavy atom. The SMILES string of the molecule is CNCC1(CN2CC(C)C(C)C2)CCCOC1. The van der Waals surface area contributed by atoms with Crippen LogP contribution in [0.4, 0.5) is 0 Å². The zero-order chi connectivity index (χ0) is 12.3. The molecule has 0 aliphatic carbocycles. The van der Waals surface area contributed by atoms with Gasteiger partial charge in [0.25, 0.3) is 0 Å². The maximum Gasteiger partial charge on any atom is 0.0546 e. The standard InChI is InChI=1S/C14H28N2O/c1-12-7-16(8-13(12)2)10-14(9-15-3)5-4-6-17-11-14/h12-13,15H,4-11H2,1-3H3. The normalized spacial score (nSPS) is 39.7. The van der Waals surface area contributed by atoms with Gasteiger partial charge in [0.15, 0.2) is 0 Å². The maximum atomic E-state index is 5.74. The minimum absolute atomic E-state index is 0.358. The van der Waals surface area contributed by atoms with E-state index in [4.69, 9.17) is 4.74 Å². The first-order valence-corrected chi connectivity index (χ1v) is 7.10. The zero-order valence-electron chi connectivity index (χ0n) is 11.7. The van der Waals surface area contributed by atoms with Gasteiger partial charge in [-0.3, -0.25) is 0 Å². The minimum atomic E-state index is 0.358.